The molecule has 0 fully saturated rings. The summed E-state index contributed by atoms with van der Waals surface area (Å²) >= 11 is 0. The summed E-state index contributed by atoms with van der Waals surface area (Å²) in [5.74, 6) is 0. The Morgan fingerprint density at radius 2 is 2.05 bits per heavy atom. The molecule has 100 valence electrons. The maximum absolute atomic E-state index is 12.1. The van der Waals surface area contributed by atoms with Crippen LogP contribution >= 0.6 is 0 Å². The van der Waals surface area contributed by atoms with E-state index >= 15 is 0 Å². The molecule has 1 aromatic heterocycles. The van der Waals surface area contributed by atoms with Gasteiger partial charge < -0.3 is 4.90 Å². The number of urea groups is 1. The minimum Gasteiger partial charge on any atom is -0.323 e. The molecule has 20 heavy (non-hydrogen) atoms. The van der Waals surface area contributed by atoms with Crippen molar-refractivity contribution in [3.05, 3.63) is 47.8 Å². The van der Waals surface area contributed by atoms with Crippen molar-refractivity contribution in [1.82, 2.24) is 9.88 Å². The quantitative estimate of drug-likeness (QED) is 0.795. The smallest absolute Gasteiger partial charge is 0.323 e. The van der Waals surface area contributed by atoms with Gasteiger partial charge in [-0.05, 0) is 41.3 Å². The van der Waals surface area contributed by atoms with Crippen LogP contribution in [-0.2, 0) is 13.0 Å². The summed E-state index contributed by atoms with van der Waals surface area (Å²) < 4.78 is 0. The summed E-state index contributed by atoms with van der Waals surface area (Å²) in [4.78, 5) is 20.0. The summed E-state index contributed by atoms with van der Waals surface area (Å²) in [6, 6.07) is 8.54. The minimum absolute atomic E-state index is 0.116. The lowest BCUT2D eigenvalue weighted by molar-refractivity contribution is 0.211. The van der Waals surface area contributed by atoms with Crippen molar-refractivity contribution < 1.29 is 4.79 Å². The van der Waals surface area contributed by atoms with Crippen LogP contribution in [0.15, 0.2) is 36.7 Å². The van der Waals surface area contributed by atoms with Gasteiger partial charge in [-0.15, -0.1) is 0 Å². The first kappa shape index (κ1) is 11.5. The second-order valence-corrected chi connectivity index (χ2v) is 5.43. The van der Waals surface area contributed by atoms with E-state index in [1.54, 1.807) is 11.1 Å². The largest absolute Gasteiger partial charge is 0.324 e. The summed E-state index contributed by atoms with van der Waals surface area (Å²) in [5, 5.41) is 0. The van der Waals surface area contributed by atoms with E-state index in [9.17, 15) is 4.79 Å². The van der Waals surface area contributed by atoms with E-state index in [-0.39, 0.29) is 6.03 Å². The SMILES string of the molecule is CN1Cc2cc(-c3cccnc3)cc3c2N(CC3)C1=O. The third-order valence-corrected chi connectivity index (χ3v) is 4.10. The Morgan fingerprint density at radius 1 is 1.20 bits per heavy atom. The van der Waals surface area contributed by atoms with Crippen molar-refractivity contribution in [2.75, 3.05) is 18.5 Å². The highest BCUT2D eigenvalue weighted by molar-refractivity contribution is 5.97. The van der Waals surface area contributed by atoms with Crippen molar-refractivity contribution >= 4 is 11.7 Å². The molecule has 3 heterocycles. The molecule has 0 unspecified atom stereocenters. The first-order valence-electron chi connectivity index (χ1n) is 6.83. The number of rotatable bonds is 1. The zero-order chi connectivity index (χ0) is 13.7. The first-order valence-corrected chi connectivity index (χ1v) is 6.83. The summed E-state index contributed by atoms with van der Waals surface area (Å²) in [5.41, 5.74) is 5.98. The van der Waals surface area contributed by atoms with Crippen molar-refractivity contribution in [3.63, 3.8) is 0 Å². The van der Waals surface area contributed by atoms with Gasteiger partial charge in [-0.1, -0.05) is 6.07 Å². The monoisotopic (exact) mass is 265 g/mol. The Hall–Kier alpha value is -2.36. The number of hydrogen-bond acceptors (Lipinski definition) is 2. The maximum Gasteiger partial charge on any atom is 0.324 e. The van der Waals surface area contributed by atoms with Gasteiger partial charge in [-0.25, -0.2) is 4.79 Å². The van der Waals surface area contributed by atoms with E-state index in [2.05, 4.69) is 23.2 Å². The lowest BCUT2D eigenvalue weighted by Gasteiger charge is -2.32. The summed E-state index contributed by atoms with van der Waals surface area (Å²) in [7, 11) is 1.86. The maximum atomic E-state index is 12.1. The third-order valence-electron chi connectivity index (χ3n) is 4.10. The predicted octanol–water partition coefficient (Wildman–Crippen LogP) is 2.68. The Labute approximate surface area is 117 Å². The van der Waals surface area contributed by atoms with Crippen LogP contribution in [0.4, 0.5) is 10.5 Å². The molecule has 2 amide bonds. The molecule has 0 aliphatic carbocycles. The fraction of sp³-hybridized carbons (Fsp3) is 0.250. The van der Waals surface area contributed by atoms with Crippen LogP contribution < -0.4 is 4.90 Å². The summed E-state index contributed by atoms with van der Waals surface area (Å²) in [6.07, 6.45) is 4.62. The van der Waals surface area contributed by atoms with Crippen LogP contribution in [0.3, 0.4) is 0 Å². The molecule has 0 spiro atoms. The second-order valence-electron chi connectivity index (χ2n) is 5.43. The van der Waals surface area contributed by atoms with Gasteiger partial charge in [0.2, 0.25) is 0 Å². The molecule has 4 rings (SSSR count). The normalized spacial score (nSPS) is 16.6. The fourth-order valence-electron chi connectivity index (χ4n) is 3.18. The predicted molar refractivity (Wildman–Crippen MR) is 77.6 cm³/mol. The average Bonchev–Trinajstić information content (AvgIpc) is 2.90. The number of pyridine rings is 1. The molecule has 0 saturated carbocycles. The molecular weight excluding hydrogens is 250 g/mol. The Morgan fingerprint density at radius 3 is 2.85 bits per heavy atom. The second kappa shape index (κ2) is 4.07. The van der Waals surface area contributed by atoms with Crippen LogP contribution in [-0.4, -0.2) is 29.5 Å². The number of carbonyl (C=O) groups is 1. The Kier molecular flexibility index (Phi) is 2.33. The number of hydrogen-bond donors (Lipinski definition) is 0. The van der Waals surface area contributed by atoms with E-state index in [0.29, 0.717) is 6.54 Å². The molecule has 0 N–H and O–H groups in total. The first-order chi connectivity index (χ1) is 9.74. The van der Waals surface area contributed by atoms with E-state index in [0.717, 1.165) is 24.2 Å². The number of benzene rings is 1. The van der Waals surface area contributed by atoms with E-state index in [1.807, 2.05) is 24.2 Å². The number of aromatic nitrogens is 1. The zero-order valence-electron chi connectivity index (χ0n) is 11.3. The van der Waals surface area contributed by atoms with Gasteiger partial charge in [-0.2, -0.15) is 0 Å². The zero-order valence-corrected chi connectivity index (χ0v) is 11.3. The van der Waals surface area contributed by atoms with Gasteiger partial charge in [0.15, 0.2) is 0 Å². The number of anilines is 1. The molecule has 0 bridgehead atoms. The van der Waals surface area contributed by atoms with Gasteiger partial charge in [0.1, 0.15) is 0 Å². The highest BCUT2D eigenvalue weighted by Gasteiger charge is 2.34. The Bertz CT molecular complexity index is 696. The number of amides is 2. The van der Waals surface area contributed by atoms with E-state index < -0.39 is 0 Å². The highest BCUT2D eigenvalue weighted by atomic mass is 16.2. The van der Waals surface area contributed by atoms with Crippen molar-refractivity contribution in [2.45, 2.75) is 13.0 Å². The molecule has 2 aliphatic heterocycles. The van der Waals surface area contributed by atoms with Crippen molar-refractivity contribution in [3.8, 4) is 11.1 Å². The molecule has 2 aromatic rings. The van der Waals surface area contributed by atoms with Crippen LogP contribution in [0.5, 0.6) is 0 Å². The van der Waals surface area contributed by atoms with Gasteiger partial charge in [0.05, 0.1) is 5.69 Å². The highest BCUT2D eigenvalue weighted by Crippen LogP contribution is 2.39. The van der Waals surface area contributed by atoms with Crippen LogP contribution in [0.2, 0.25) is 0 Å². The average molecular weight is 265 g/mol. The van der Waals surface area contributed by atoms with E-state index in [1.165, 1.54) is 16.7 Å². The number of carbonyl (C=O) groups excluding carboxylic acids is 1. The molecular formula is C16H15N3O. The number of nitrogens with zero attached hydrogens (tertiary/aromatic N) is 3. The molecule has 0 atom stereocenters. The lowest BCUT2D eigenvalue weighted by Crippen LogP contribution is -2.43. The topological polar surface area (TPSA) is 36.4 Å². The standard InChI is InChI=1S/C16H15N3O/c1-18-10-14-8-13(12-3-2-5-17-9-12)7-11-4-6-19(15(11)14)16(18)20/h2-3,5,7-9H,4,6,10H2,1H3. The molecule has 4 nitrogen and oxygen atoms in total. The summed E-state index contributed by atoms with van der Waals surface area (Å²) in [6.45, 7) is 1.48. The van der Waals surface area contributed by atoms with Gasteiger partial charge >= 0.3 is 6.03 Å². The van der Waals surface area contributed by atoms with Crippen molar-refractivity contribution in [2.24, 2.45) is 0 Å². The molecule has 2 aliphatic rings. The van der Waals surface area contributed by atoms with Gasteiger partial charge in [-0.3, -0.25) is 9.88 Å². The molecule has 0 radical (unpaired) electrons. The molecule has 1 aromatic carbocycles. The Balaban J connectivity index is 1.89. The van der Waals surface area contributed by atoms with Crippen LogP contribution in [0, 0.1) is 0 Å². The lowest BCUT2D eigenvalue weighted by atomic mass is 9.97. The minimum atomic E-state index is 0.116. The third kappa shape index (κ3) is 1.54. The van der Waals surface area contributed by atoms with Gasteiger partial charge in [0.25, 0.3) is 0 Å². The van der Waals surface area contributed by atoms with Crippen LogP contribution in [0.1, 0.15) is 11.1 Å². The van der Waals surface area contributed by atoms with Crippen LogP contribution in [0.25, 0.3) is 11.1 Å². The van der Waals surface area contributed by atoms with Crippen molar-refractivity contribution in [1.29, 1.82) is 0 Å². The fourth-order valence-corrected chi connectivity index (χ4v) is 3.18. The molecule has 4 heteroatoms. The van der Waals surface area contributed by atoms with E-state index in [4.69, 9.17) is 0 Å². The molecule has 0 saturated heterocycles. The van der Waals surface area contributed by atoms with Gasteiger partial charge in [0, 0.05) is 38.1 Å².